The Balaban J connectivity index is 1.60. The zero-order valence-corrected chi connectivity index (χ0v) is 15.0. The molecule has 0 bridgehead atoms. The summed E-state index contributed by atoms with van der Waals surface area (Å²) in [6.07, 6.45) is 8.52. The summed E-state index contributed by atoms with van der Waals surface area (Å²) < 4.78 is 1.97. The van der Waals surface area contributed by atoms with Crippen molar-refractivity contribution in [3.8, 4) is 0 Å². The molecular formula is C18H22ClN5O. The lowest BCUT2D eigenvalue weighted by Crippen LogP contribution is -2.39. The van der Waals surface area contributed by atoms with Crippen LogP contribution >= 0.6 is 11.6 Å². The van der Waals surface area contributed by atoms with E-state index in [-0.39, 0.29) is 17.4 Å². The van der Waals surface area contributed by atoms with Crippen LogP contribution in [0.15, 0.2) is 30.7 Å². The number of aryl methyl sites for hydroxylation is 1. The molecule has 1 N–H and O–H groups in total. The van der Waals surface area contributed by atoms with Crippen LogP contribution in [0.3, 0.4) is 0 Å². The summed E-state index contributed by atoms with van der Waals surface area (Å²) in [6.45, 7) is 2.56. The topological polar surface area (TPSA) is 63.1 Å². The normalized spacial score (nSPS) is 21.3. The summed E-state index contributed by atoms with van der Waals surface area (Å²) in [4.78, 5) is 23.8. The molecule has 132 valence electrons. The summed E-state index contributed by atoms with van der Waals surface area (Å²) in [5.41, 5.74) is 0.702. The van der Waals surface area contributed by atoms with Crippen molar-refractivity contribution < 1.29 is 4.79 Å². The number of halogens is 1. The second-order valence-corrected chi connectivity index (χ2v) is 7.52. The van der Waals surface area contributed by atoms with Gasteiger partial charge in [0.25, 0.3) is 5.91 Å². The molecule has 0 unspecified atom stereocenters. The number of piperidine rings is 1. The molecule has 0 radical (unpaired) electrons. The van der Waals surface area contributed by atoms with Crippen LogP contribution in [0.1, 0.15) is 35.6 Å². The molecule has 2 aromatic rings. The van der Waals surface area contributed by atoms with E-state index in [4.69, 9.17) is 11.6 Å². The Labute approximate surface area is 152 Å². The van der Waals surface area contributed by atoms with E-state index in [0.29, 0.717) is 17.3 Å². The van der Waals surface area contributed by atoms with Crippen molar-refractivity contribution in [3.63, 3.8) is 0 Å². The molecule has 1 atom stereocenters. The van der Waals surface area contributed by atoms with Crippen LogP contribution < -0.4 is 5.32 Å². The summed E-state index contributed by atoms with van der Waals surface area (Å²) in [6, 6.07) is 3.68. The summed E-state index contributed by atoms with van der Waals surface area (Å²) in [5, 5.41) is 3.95. The molecule has 2 aliphatic rings. The molecule has 0 aromatic carbocycles. The molecule has 2 aromatic heterocycles. The van der Waals surface area contributed by atoms with Crippen molar-refractivity contribution in [3.05, 3.63) is 47.3 Å². The van der Waals surface area contributed by atoms with Crippen LogP contribution in [0.25, 0.3) is 0 Å². The lowest BCUT2D eigenvalue weighted by Gasteiger charge is -2.29. The Hall–Kier alpha value is -1.92. The average Bonchev–Trinajstić information content (AvgIpc) is 3.13. The molecule has 25 heavy (non-hydrogen) atoms. The van der Waals surface area contributed by atoms with Gasteiger partial charge in [-0.2, -0.15) is 0 Å². The van der Waals surface area contributed by atoms with Gasteiger partial charge in [0.1, 0.15) is 11.5 Å². The highest BCUT2D eigenvalue weighted by Gasteiger charge is 2.58. The van der Waals surface area contributed by atoms with Gasteiger partial charge in [-0.3, -0.25) is 4.79 Å². The number of imidazole rings is 1. The third-order valence-corrected chi connectivity index (χ3v) is 5.79. The Bertz CT molecular complexity index is 766. The van der Waals surface area contributed by atoms with Crippen molar-refractivity contribution in [1.29, 1.82) is 0 Å². The van der Waals surface area contributed by atoms with Gasteiger partial charge in [0.2, 0.25) is 0 Å². The van der Waals surface area contributed by atoms with E-state index in [1.807, 2.05) is 22.7 Å². The molecule has 1 aliphatic heterocycles. The lowest BCUT2D eigenvalue weighted by molar-refractivity contribution is 0.0679. The fraction of sp³-hybridized carbons (Fsp3) is 0.500. The molecule has 6 nitrogen and oxygen atoms in total. The van der Waals surface area contributed by atoms with Crippen LogP contribution in [0.5, 0.6) is 0 Å². The fourth-order valence-corrected chi connectivity index (χ4v) is 4.01. The van der Waals surface area contributed by atoms with Gasteiger partial charge < -0.3 is 14.8 Å². The zero-order chi connectivity index (χ0) is 17.4. The number of pyridine rings is 1. The van der Waals surface area contributed by atoms with Crippen molar-refractivity contribution in [1.82, 2.24) is 24.8 Å². The van der Waals surface area contributed by atoms with E-state index in [1.54, 1.807) is 18.3 Å². The summed E-state index contributed by atoms with van der Waals surface area (Å²) in [7, 11) is 1.96. The number of hydrogen-bond acceptors (Lipinski definition) is 4. The Kier molecular flexibility index (Phi) is 4.25. The minimum atomic E-state index is -0.0416. The largest absolute Gasteiger partial charge is 0.337 e. The number of aromatic nitrogens is 3. The van der Waals surface area contributed by atoms with Crippen molar-refractivity contribution in [2.75, 3.05) is 13.1 Å². The number of carbonyl (C=O) groups is 1. The molecule has 1 amide bonds. The molecule has 7 heteroatoms. The van der Waals surface area contributed by atoms with Crippen LogP contribution in [-0.4, -0.2) is 44.5 Å². The van der Waals surface area contributed by atoms with Crippen LogP contribution in [0.4, 0.5) is 0 Å². The first-order chi connectivity index (χ1) is 12.1. The van der Waals surface area contributed by atoms with Gasteiger partial charge in [-0.1, -0.05) is 11.6 Å². The van der Waals surface area contributed by atoms with Crippen molar-refractivity contribution >= 4 is 17.5 Å². The van der Waals surface area contributed by atoms with Crippen LogP contribution in [0, 0.1) is 5.41 Å². The van der Waals surface area contributed by atoms with E-state index >= 15 is 0 Å². The standard InChI is InChI=1S/C18H22ClN5O/c1-23-9-8-21-16(23)12-24(15-10-18(15)4-6-20-7-5-18)17(25)14-3-2-13(19)11-22-14/h2-3,8-9,11,15,20H,4-7,10,12H2,1H3/t15-/m0/s1. The highest BCUT2D eigenvalue weighted by molar-refractivity contribution is 6.30. The lowest BCUT2D eigenvalue weighted by atomic mass is 9.93. The van der Waals surface area contributed by atoms with Gasteiger partial charge >= 0.3 is 0 Å². The Morgan fingerprint density at radius 1 is 1.40 bits per heavy atom. The SMILES string of the molecule is Cn1ccnc1CN(C(=O)c1ccc(Cl)cn1)[C@H]1CC12CCNCC2. The molecule has 1 spiro atoms. The third kappa shape index (κ3) is 3.16. The first-order valence-electron chi connectivity index (χ1n) is 8.68. The van der Waals surface area contributed by atoms with Gasteiger partial charge in [0, 0.05) is 31.7 Å². The van der Waals surface area contributed by atoms with Gasteiger partial charge in [-0.15, -0.1) is 0 Å². The first kappa shape index (κ1) is 16.5. The molecule has 4 rings (SSSR count). The predicted molar refractivity (Wildman–Crippen MR) is 95.3 cm³/mol. The molecule has 2 fully saturated rings. The zero-order valence-electron chi connectivity index (χ0n) is 14.3. The highest BCUT2D eigenvalue weighted by atomic mass is 35.5. The monoisotopic (exact) mass is 359 g/mol. The third-order valence-electron chi connectivity index (χ3n) is 5.56. The maximum absolute atomic E-state index is 13.2. The van der Waals surface area contributed by atoms with Gasteiger partial charge in [-0.25, -0.2) is 9.97 Å². The number of nitrogens with zero attached hydrogens (tertiary/aromatic N) is 4. The van der Waals surface area contributed by atoms with Crippen molar-refractivity contribution in [2.45, 2.75) is 31.8 Å². The number of nitrogens with one attached hydrogen (secondary N) is 1. The second kappa shape index (κ2) is 6.42. The molecule has 1 saturated carbocycles. The Morgan fingerprint density at radius 2 is 2.20 bits per heavy atom. The number of carbonyl (C=O) groups excluding carboxylic acids is 1. The molecule has 1 saturated heterocycles. The van der Waals surface area contributed by atoms with Gasteiger partial charge in [0.05, 0.1) is 11.6 Å². The molecule has 3 heterocycles. The van der Waals surface area contributed by atoms with Crippen LogP contribution in [-0.2, 0) is 13.6 Å². The van der Waals surface area contributed by atoms with E-state index in [9.17, 15) is 4.79 Å². The highest BCUT2D eigenvalue weighted by Crippen LogP contribution is 2.56. The predicted octanol–water partition coefficient (Wildman–Crippen LogP) is 2.25. The van der Waals surface area contributed by atoms with Crippen LogP contribution in [0.2, 0.25) is 5.02 Å². The van der Waals surface area contributed by atoms with E-state index in [2.05, 4.69) is 15.3 Å². The van der Waals surface area contributed by atoms with Gasteiger partial charge in [0.15, 0.2) is 0 Å². The fourth-order valence-electron chi connectivity index (χ4n) is 3.90. The number of rotatable bonds is 4. The van der Waals surface area contributed by atoms with E-state index in [1.165, 1.54) is 6.20 Å². The molecule has 1 aliphatic carbocycles. The number of hydrogen-bond donors (Lipinski definition) is 1. The minimum Gasteiger partial charge on any atom is -0.337 e. The molecular weight excluding hydrogens is 338 g/mol. The summed E-state index contributed by atoms with van der Waals surface area (Å²) >= 11 is 5.92. The minimum absolute atomic E-state index is 0.0416. The maximum Gasteiger partial charge on any atom is 0.273 e. The maximum atomic E-state index is 13.2. The first-order valence-corrected chi connectivity index (χ1v) is 9.06. The Morgan fingerprint density at radius 3 is 2.84 bits per heavy atom. The van der Waals surface area contributed by atoms with Gasteiger partial charge in [-0.05, 0) is 49.9 Å². The summed E-state index contributed by atoms with van der Waals surface area (Å²) in [5.74, 6) is 0.846. The van der Waals surface area contributed by atoms with Crippen molar-refractivity contribution in [2.24, 2.45) is 12.5 Å². The quantitative estimate of drug-likeness (QED) is 0.909. The smallest absolute Gasteiger partial charge is 0.273 e. The second-order valence-electron chi connectivity index (χ2n) is 7.08. The van der Waals surface area contributed by atoms with E-state index < -0.39 is 0 Å². The average molecular weight is 360 g/mol. The number of amides is 1. The van der Waals surface area contributed by atoms with E-state index in [0.717, 1.165) is 38.2 Å².